The SMILES string of the molecule is O=C(Cc1cc(F)cc(F)c1)Nc1cnc(C(=O)NO)c(O)c1CO. The summed E-state index contributed by atoms with van der Waals surface area (Å²) in [6, 6.07) is 2.64. The van der Waals surface area contributed by atoms with E-state index < -0.39 is 41.5 Å². The number of halogens is 2. The van der Waals surface area contributed by atoms with E-state index in [-0.39, 0.29) is 23.2 Å². The Bertz CT molecular complexity index is 809. The van der Waals surface area contributed by atoms with Crippen LogP contribution in [0.5, 0.6) is 5.75 Å². The van der Waals surface area contributed by atoms with E-state index in [4.69, 9.17) is 5.21 Å². The molecule has 0 unspecified atom stereocenters. The summed E-state index contributed by atoms with van der Waals surface area (Å²) in [7, 11) is 0. The predicted octanol–water partition coefficient (Wildman–Crippen LogP) is 0.858. The maximum Gasteiger partial charge on any atom is 0.297 e. The summed E-state index contributed by atoms with van der Waals surface area (Å²) in [6.45, 7) is -0.746. The standard InChI is InChI=1S/C15H13F2N3O5/c16-8-1-7(2-9(17)4-8)3-12(22)19-11-5-18-13(15(24)20-25)14(23)10(11)6-21/h1-2,4-5,21,23,25H,3,6H2,(H,19,22)(H,20,24). The number of hydrogen-bond acceptors (Lipinski definition) is 6. The third-order valence-corrected chi connectivity index (χ3v) is 3.19. The zero-order valence-corrected chi connectivity index (χ0v) is 12.6. The van der Waals surface area contributed by atoms with Gasteiger partial charge in [0.15, 0.2) is 11.4 Å². The third kappa shape index (κ3) is 4.25. The van der Waals surface area contributed by atoms with E-state index in [1.807, 2.05) is 0 Å². The topological polar surface area (TPSA) is 132 Å². The Kier molecular flexibility index (Phi) is 5.57. The van der Waals surface area contributed by atoms with Crippen LogP contribution in [0, 0.1) is 11.6 Å². The quantitative estimate of drug-likeness (QED) is 0.400. The normalized spacial score (nSPS) is 10.4. The number of hydrogen-bond donors (Lipinski definition) is 5. The first kappa shape index (κ1) is 18.2. The molecule has 25 heavy (non-hydrogen) atoms. The Morgan fingerprint density at radius 3 is 2.36 bits per heavy atom. The van der Waals surface area contributed by atoms with Gasteiger partial charge in [-0.3, -0.25) is 14.8 Å². The Labute approximate surface area is 139 Å². The average Bonchev–Trinajstić information content (AvgIpc) is 2.53. The first-order chi connectivity index (χ1) is 11.8. The second kappa shape index (κ2) is 7.64. The second-order valence-electron chi connectivity index (χ2n) is 4.95. The molecule has 2 amide bonds. The number of amides is 2. The molecule has 10 heteroatoms. The smallest absolute Gasteiger partial charge is 0.297 e. The predicted molar refractivity (Wildman–Crippen MR) is 79.8 cm³/mol. The van der Waals surface area contributed by atoms with Gasteiger partial charge in [0.2, 0.25) is 5.91 Å². The molecule has 0 spiro atoms. The highest BCUT2D eigenvalue weighted by molar-refractivity contribution is 5.97. The van der Waals surface area contributed by atoms with E-state index in [0.717, 1.165) is 18.3 Å². The van der Waals surface area contributed by atoms with Gasteiger partial charge in [0.05, 0.1) is 24.9 Å². The number of anilines is 1. The number of carbonyl (C=O) groups is 2. The maximum atomic E-state index is 13.1. The zero-order chi connectivity index (χ0) is 18.6. The first-order valence-electron chi connectivity index (χ1n) is 6.86. The van der Waals surface area contributed by atoms with E-state index in [2.05, 4.69) is 10.3 Å². The molecule has 5 N–H and O–H groups in total. The van der Waals surface area contributed by atoms with Gasteiger partial charge < -0.3 is 15.5 Å². The van der Waals surface area contributed by atoms with Crippen LogP contribution in [0.3, 0.4) is 0 Å². The number of pyridine rings is 1. The van der Waals surface area contributed by atoms with Gasteiger partial charge in [-0.05, 0) is 17.7 Å². The van der Waals surface area contributed by atoms with Crippen molar-refractivity contribution in [1.82, 2.24) is 10.5 Å². The van der Waals surface area contributed by atoms with Crippen LogP contribution < -0.4 is 10.8 Å². The second-order valence-corrected chi connectivity index (χ2v) is 4.95. The molecular formula is C15H13F2N3O5. The third-order valence-electron chi connectivity index (χ3n) is 3.19. The Morgan fingerprint density at radius 2 is 1.80 bits per heavy atom. The summed E-state index contributed by atoms with van der Waals surface area (Å²) < 4.78 is 26.2. The monoisotopic (exact) mass is 353 g/mol. The summed E-state index contributed by atoms with van der Waals surface area (Å²) in [4.78, 5) is 26.9. The number of benzene rings is 1. The molecule has 0 saturated heterocycles. The number of nitrogens with one attached hydrogen (secondary N) is 2. The van der Waals surface area contributed by atoms with Gasteiger partial charge >= 0.3 is 0 Å². The molecule has 1 aromatic carbocycles. The molecule has 8 nitrogen and oxygen atoms in total. The minimum atomic E-state index is -1.11. The van der Waals surface area contributed by atoms with Gasteiger partial charge in [0.1, 0.15) is 11.6 Å². The molecular weight excluding hydrogens is 340 g/mol. The fourth-order valence-electron chi connectivity index (χ4n) is 2.12. The zero-order valence-electron chi connectivity index (χ0n) is 12.6. The number of aliphatic hydroxyl groups excluding tert-OH is 1. The number of aromatic hydroxyl groups is 1. The summed E-state index contributed by atoms with van der Waals surface area (Å²) in [5, 5.41) is 30.1. The molecule has 0 radical (unpaired) electrons. The van der Waals surface area contributed by atoms with Gasteiger partial charge in [-0.1, -0.05) is 0 Å². The number of nitrogens with zero attached hydrogens (tertiary/aromatic N) is 1. The van der Waals surface area contributed by atoms with E-state index in [9.17, 15) is 28.6 Å². The Balaban J connectivity index is 2.23. The van der Waals surface area contributed by atoms with Crippen molar-refractivity contribution >= 4 is 17.5 Å². The summed E-state index contributed by atoms with van der Waals surface area (Å²) in [5.41, 5.74) is 0.479. The van der Waals surface area contributed by atoms with E-state index in [0.29, 0.717) is 6.07 Å². The van der Waals surface area contributed by atoms with Crippen molar-refractivity contribution in [3.05, 3.63) is 52.9 Å². The van der Waals surface area contributed by atoms with Crippen molar-refractivity contribution < 1.29 is 33.8 Å². The maximum absolute atomic E-state index is 13.1. The van der Waals surface area contributed by atoms with Crippen molar-refractivity contribution in [2.75, 3.05) is 5.32 Å². The lowest BCUT2D eigenvalue weighted by Crippen LogP contribution is -2.22. The highest BCUT2D eigenvalue weighted by Gasteiger charge is 2.20. The van der Waals surface area contributed by atoms with E-state index in [1.165, 1.54) is 5.48 Å². The van der Waals surface area contributed by atoms with Crippen molar-refractivity contribution in [2.24, 2.45) is 0 Å². The molecule has 0 aliphatic rings. The van der Waals surface area contributed by atoms with E-state index >= 15 is 0 Å². The minimum Gasteiger partial charge on any atom is -0.505 e. The van der Waals surface area contributed by atoms with Gasteiger partial charge in [-0.15, -0.1) is 0 Å². The lowest BCUT2D eigenvalue weighted by Gasteiger charge is -2.13. The molecule has 2 aromatic rings. The van der Waals surface area contributed by atoms with Crippen LogP contribution in [0.1, 0.15) is 21.6 Å². The van der Waals surface area contributed by atoms with Crippen LogP contribution in [0.15, 0.2) is 24.4 Å². The number of aliphatic hydroxyl groups is 1. The summed E-state index contributed by atoms with van der Waals surface area (Å²) in [6.07, 6.45) is 0.610. The Hall–Kier alpha value is -3.11. The highest BCUT2D eigenvalue weighted by Crippen LogP contribution is 2.28. The fourth-order valence-corrected chi connectivity index (χ4v) is 2.12. The van der Waals surface area contributed by atoms with Crippen LogP contribution in [-0.2, 0) is 17.8 Å². The molecule has 0 aliphatic heterocycles. The number of hydroxylamine groups is 1. The van der Waals surface area contributed by atoms with Crippen molar-refractivity contribution in [3.63, 3.8) is 0 Å². The lowest BCUT2D eigenvalue weighted by molar-refractivity contribution is -0.115. The molecule has 0 saturated carbocycles. The molecule has 0 atom stereocenters. The Morgan fingerprint density at radius 1 is 1.16 bits per heavy atom. The van der Waals surface area contributed by atoms with Crippen molar-refractivity contribution in [1.29, 1.82) is 0 Å². The first-order valence-corrected chi connectivity index (χ1v) is 6.86. The average molecular weight is 353 g/mol. The van der Waals surface area contributed by atoms with E-state index in [1.54, 1.807) is 0 Å². The van der Waals surface area contributed by atoms with Crippen LogP contribution in [0.4, 0.5) is 14.5 Å². The molecule has 132 valence electrons. The summed E-state index contributed by atoms with van der Waals surface area (Å²) >= 11 is 0. The number of aromatic nitrogens is 1. The van der Waals surface area contributed by atoms with Gasteiger partial charge in [0, 0.05) is 11.6 Å². The molecule has 1 heterocycles. The van der Waals surface area contributed by atoms with Crippen LogP contribution in [0.2, 0.25) is 0 Å². The minimum absolute atomic E-state index is 0.0778. The molecule has 0 fully saturated rings. The fraction of sp³-hybridized carbons (Fsp3) is 0.133. The molecule has 0 aliphatic carbocycles. The molecule has 2 rings (SSSR count). The highest BCUT2D eigenvalue weighted by atomic mass is 19.1. The van der Waals surface area contributed by atoms with Gasteiger partial charge in [-0.25, -0.2) is 19.2 Å². The van der Waals surface area contributed by atoms with Crippen molar-refractivity contribution in [3.8, 4) is 5.75 Å². The lowest BCUT2D eigenvalue weighted by atomic mass is 10.1. The number of rotatable bonds is 5. The largest absolute Gasteiger partial charge is 0.505 e. The summed E-state index contributed by atoms with van der Waals surface area (Å²) in [5.74, 6) is -4.21. The number of carbonyl (C=O) groups excluding carboxylic acids is 2. The molecule has 1 aromatic heterocycles. The van der Waals surface area contributed by atoms with Gasteiger partial charge in [-0.2, -0.15) is 0 Å². The van der Waals surface area contributed by atoms with Crippen LogP contribution in [0.25, 0.3) is 0 Å². The van der Waals surface area contributed by atoms with Crippen LogP contribution in [-0.4, -0.2) is 32.2 Å². The van der Waals surface area contributed by atoms with Crippen LogP contribution >= 0.6 is 0 Å². The van der Waals surface area contributed by atoms with Gasteiger partial charge in [0.25, 0.3) is 5.91 Å². The molecule has 0 bridgehead atoms. The van der Waals surface area contributed by atoms with Crippen molar-refractivity contribution in [2.45, 2.75) is 13.0 Å².